The van der Waals surface area contributed by atoms with Crippen LogP contribution >= 0.6 is 0 Å². The number of hydrogen-bond acceptors (Lipinski definition) is 3. The molecule has 19 heavy (non-hydrogen) atoms. The summed E-state index contributed by atoms with van der Waals surface area (Å²) in [6.45, 7) is 0.156. The van der Waals surface area contributed by atoms with Crippen molar-refractivity contribution in [2.24, 2.45) is 0 Å². The Morgan fingerprint density at radius 1 is 1.47 bits per heavy atom. The monoisotopic (exact) mass is 266 g/mol. The van der Waals surface area contributed by atoms with E-state index in [0.29, 0.717) is 5.82 Å². The zero-order valence-electron chi connectivity index (χ0n) is 9.94. The van der Waals surface area contributed by atoms with E-state index in [0.717, 1.165) is 12.3 Å². The molecule has 3 rings (SSSR count). The van der Waals surface area contributed by atoms with Crippen LogP contribution in [0, 0.1) is 5.82 Å². The fourth-order valence-electron chi connectivity index (χ4n) is 2.48. The zero-order valence-corrected chi connectivity index (χ0v) is 9.94. The van der Waals surface area contributed by atoms with Crippen molar-refractivity contribution in [3.05, 3.63) is 46.3 Å². The molecular weight excluding hydrogens is 254 g/mol. The van der Waals surface area contributed by atoms with Gasteiger partial charge >= 0.3 is 0 Å². The van der Waals surface area contributed by atoms with Crippen LogP contribution in [0.15, 0.2) is 29.3 Å². The fraction of sp³-hybridized carbons (Fsp3) is 0.333. The van der Waals surface area contributed by atoms with Crippen LogP contribution in [-0.2, 0) is 0 Å². The van der Waals surface area contributed by atoms with Gasteiger partial charge in [-0.1, -0.05) is 0 Å². The second kappa shape index (κ2) is 4.49. The number of pyridine rings is 1. The Hall–Kier alpha value is -2.18. The minimum absolute atomic E-state index is 0.156. The first-order valence-corrected chi connectivity index (χ1v) is 5.93. The number of halogens is 2. The topological polar surface area (TPSA) is 64.8 Å². The zero-order chi connectivity index (χ0) is 13.4. The minimum Gasteiger partial charge on any atom is -0.347 e. The third-order valence-electron chi connectivity index (χ3n) is 3.30. The maximum absolute atomic E-state index is 13.7. The second-order valence-corrected chi connectivity index (χ2v) is 4.55. The summed E-state index contributed by atoms with van der Waals surface area (Å²) in [6.07, 6.45) is 1.64. The van der Waals surface area contributed by atoms with Crippen LogP contribution in [0.1, 0.15) is 18.0 Å². The summed E-state index contributed by atoms with van der Waals surface area (Å²) in [5.41, 5.74) is -0.167. The van der Waals surface area contributed by atoms with Gasteiger partial charge < -0.3 is 9.88 Å². The Balaban J connectivity index is 2.02. The van der Waals surface area contributed by atoms with E-state index in [2.05, 4.69) is 15.2 Å². The van der Waals surface area contributed by atoms with E-state index in [9.17, 15) is 13.6 Å². The predicted molar refractivity (Wildman–Crippen MR) is 65.2 cm³/mol. The molecule has 0 saturated carbocycles. The normalized spacial score (nSPS) is 22.9. The van der Waals surface area contributed by atoms with Gasteiger partial charge in [-0.15, -0.1) is 0 Å². The number of aromatic nitrogens is 3. The molecule has 0 bridgehead atoms. The number of nitrogens with zero attached hydrogens (tertiary/aromatic N) is 2. The molecule has 3 heterocycles. The summed E-state index contributed by atoms with van der Waals surface area (Å²) in [4.78, 5) is 15.8. The van der Waals surface area contributed by atoms with Gasteiger partial charge in [0.2, 0.25) is 0 Å². The second-order valence-electron chi connectivity index (χ2n) is 4.55. The van der Waals surface area contributed by atoms with Crippen LogP contribution in [0.5, 0.6) is 0 Å². The lowest BCUT2D eigenvalue weighted by Gasteiger charge is -2.24. The van der Waals surface area contributed by atoms with E-state index >= 15 is 0 Å². The molecule has 2 N–H and O–H groups in total. The Morgan fingerprint density at radius 3 is 3.05 bits per heavy atom. The van der Waals surface area contributed by atoms with Crippen molar-refractivity contribution in [3.63, 3.8) is 0 Å². The summed E-state index contributed by atoms with van der Waals surface area (Å²) in [5, 5.41) is 6.55. The molecule has 2 aromatic rings. The largest absolute Gasteiger partial charge is 0.347 e. The van der Waals surface area contributed by atoms with Crippen molar-refractivity contribution in [1.29, 1.82) is 0 Å². The first-order valence-electron chi connectivity index (χ1n) is 5.93. The highest BCUT2D eigenvalue weighted by Crippen LogP contribution is 2.35. The SMILES string of the molecule is O=c1[nH]cc(F)cc1[C@H]1C[C@H](F)CN1c1ccn[nH]1. The molecule has 1 aliphatic rings. The van der Waals surface area contributed by atoms with E-state index < -0.39 is 23.6 Å². The molecule has 7 heteroatoms. The van der Waals surface area contributed by atoms with E-state index in [4.69, 9.17) is 0 Å². The van der Waals surface area contributed by atoms with Crippen molar-refractivity contribution in [2.75, 3.05) is 11.4 Å². The smallest absolute Gasteiger partial charge is 0.253 e. The Kier molecular flexibility index (Phi) is 2.81. The molecule has 0 aromatic carbocycles. The number of H-pyrrole nitrogens is 2. The molecule has 2 atom stereocenters. The highest BCUT2D eigenvalue weighted by atomic mass is 19.1. The summed E-state index contributed by atoms with van der Waals surface area (Å²) >= 11 is 0. The number of aromatic amines is 2. The Labute approximate surface area is 107 Å². The van der Waals surface area contributed by atoms with E-state index in [-0.39, 0.29) is 18.5 Å². The standard InChI is InChI=1S/C12H12F2N4O/c13-7-3-9(12(19)15-5-7)10-4-8(14)6-18(10)11-1-2-16-17-11/h1-3,5,8,10H,4,6H2,(H,15,19)(H,16,17)/t8-,10+/m0/s1. The molecule has 1 aliphatic heterocycles. The summed E-state index contributed by atoms with van der Waals surface area (Å²) in [5.74, 6) is 0.0790. The van der Waals surface area contributed by atoms with Crippen LogP contribution in [0.4, 0.5) is 14.6 Å². The van der Waals surface area contributed by atoms with Gasteiger partial charge in [-0.25, -0.2) is 8.78 Å². The first kappa shape index (κ1) is 11.9. The number of alkyl halides is 1. The van der Waals surface area contributed by atoms with Gasteiger partial charge in [0, 0.05) is 24.2 Å². The fourth-order valence-corrected chi connectivity index (χ4v) is 2.48. The Morgan fingerprint density at radius 2 is 2.32 bits per heavy atom. The van der Waals surface area contributed by atoms with Gasteiger partial charge in [0.15, 0.2) is 0 Å². The van der Waals surface area contributed by atoms with Gasteiger partial charge in [0.05, 0.1) is 18.8 Å². The molecule has 0 unspecified atom stereocenters. The molecule has 0 spiro atoms. The van der Waals surface area contributed by atoms with Crippen LogP contribution < -0.4 is 10.5 Å². The Bertz CT molecular complexity index is 625. The molecule has 0 aliphatic carbocycles. The number of rotatable bonds is 2. The molecule has 100 valence electrons. The average molecular weight is 266 g/mol. The van der Waals surface area contributed by atoms with Crippen molar-refractivity contribution in [3.8, 4) is 0 Å². The molecule has 0 radical (unpaired) electrons. The van der Waals surface area contributed by atoms with Crippen molar-refractivity contribution < 1.29 is 8.78 Å². The van der Waals surface area contributed by atoms with Crippen LogP contribution in [-0.4, -0.2) is 27.9 Å². The van der Waals surface area contributed by atoms with Gasteiger partial charge in [0.1, 0.15) is 17.8 Å². The maximum atomic E-state index is 13.7. The molecule has 0 amide bonds. The van der Waals surface area contributed by atoms with Crippen molar-refractivity contribution >= 4 is 5.82 Å². The first-order chi connectivity index (χ1) is 9.15. The maximum Gasteiger partial charge on any atom is 0.253 e. The summed E-state index contributed by atoms with van der Waals surface area (Å²) < 4.78 is 26.9. The lowest BCUT2D eigenvalue weighted by atomic mass is 10.1. The van der Waals surface area contributed by atoms with E-state index in [1.165, 1.54) is 0 Å². The predicted octanol–water partition coefficient (Wildman–Crippen LogP) is 1.53. The highest BCUT2D eigenvalue weighted by Gasteiger charge is 2.35. The van der Waals surface area contributed by atoms with Crippen LogP contribution in [0.2, 0.25) is 0 Å². The summed E-state index contributed by atoms with van der Waals surface area (Å²) in [7, 11) is 0. The molecule has 1 saturated heterocycles. The van der Waals surface area contributed by atoms with Crippen molar-refractivity contribution in [2.45, 2.75) is 18.6 Å². The summed E-state index contributed by atoms with van der Waals surface area (Å²) in [6, 6.07) is 2.36. The molecule has 5 nitrogen and oxygen atoms in total. The van der Waals surface area contributed by atoms with E-state index in [1.54, 1.807) is 17.2 Å². The molecule has 1 fully saturated rings. The third-order valence-corrected chi connectivity index (χ3v) is 3.30. The van der Waals surface area contributed by atoms with Gasteiger partial charge in [-0.3, -0.25) is 9.89 Å². The number of nitrogens with one attached hydrogen (secondary N) is 2. The van der Waals surface area contributed by atoms with E-state index in [1.807, 2.05) is 0 Å². The average Bonchev–Trinajstić information content (AvgIpc) is 3.00. The number of hydrogen-bond donors (Lipinski definition) is 2. The van der Waals surface area contributed by atoms with Gasteiger partial charge in [-0.2, -0.15) is 5.10 Å². The lowest BCUT2D eigenvalue weighted by molar-refractivity contribution is 0.356. The van der Waals surface area contributed by atoms with Gasteiger partial charge in [-0.05, 0) is 6.07 Å². The van der Waals surface area contributed by atoms with Crippen LogP contribution in [0.25, 0.3) is 0 Å². The molecular formula is C12H12F2N4O. The van der Waals surface area contributed by atoms with Crippen LogP contribution in [0.3, 0.4) is 0 Å². The lowest BCUT2D eigenvalue weighted by Crippen LogP contribution is -2.28. The quantitative estimate of drug-likeness (QED) is 0.866. The van der Waals surface area contributed by atoms with Gasteiger partial charge in [0.25, 0.3) is 5.56 Å². The highest BCUT2D eigenvalue weighted by molar-refractivity contribution is 5.43. The number of anilines is 1. The minimum atomic E-state index is -1.06. The third kappa shape index (κ3) is 2.11. The molecule has 2 aromatic heterocycles. The van der Waals surface area contributed by atoms with Crippen molar-refractivity contribution in [1.82, 2.24) is 15.2 Å².